The highest BCUT2D eigenvalue weighted by Crippen LogP contribution is 2.30. The third-order valence-corrected chi connectivity index (χ3v) is 6.42. The number of carbonyl (C=O) groups excluding carboxylic acids is 1. The molecule has 4 heterocycles. The Morgan fingerprint density at radius 2 is 1.86 bits per heavy atom. The number of halogens is 1. The Bertz CT molecular complexity index is 929. The minimum absolute atomic E-state index is 0. The fraction of sp³-hybridized carbons (Fsp3) is 0.333. The smallest absolute Gasteiger partial charge is 0.255 e. The number of hydrogen-bond donors (Lipinski definition) is 2. The highest BCUT2D eigenvalue weighted by atomic mass is 35.5. The van der Waals surface area contributed by atoms with Crippen molar-refractivity contribution in [2.24, 2.45) is 0 Å². The van der Waals surface area contributed by atoms with Crippen molar-refractivity contribution in [1.82, 2.24) is 20.4 Å². The largest absolute Gasteiger partial charge is 0.349 e. The number of hydrogen-bond acceptors (Lipinski definition) is 4. The number of piperidine rings is 1. The van der Waals surface area contributed by atoms with E-state index in [2.05, 4.69) is 10.6 Å². The van der Waals surface area contributed by atoms with Crippen LogP contribution in [0.4, 0.5) is 0 Å². The van der Waals surface area contributed by atoms with Gasteiger partial charge in [0.1, 0.15) is 5.69 Å². The summed E-state index contributed by atoms with van der Waals surface area (Å²) in [6, 6.07) is 15.3. The molecule has 2 unspecified atom stereocenters. The van der Waals surface area contributed by atoms with Crippen LogP contribution in [0.1, 0.15) is 36.0 Å². The van der Waals surface area contributed by atoms with Crippen LogP contribution < -0.4 is 10.6 Å². The van der Waals surface area contributed by atoms with Gasteiger partial charge >= 0.3 is 0 Å². The van der Waals surface area contributed by atoms with E-state index in [-0.39, 0.29) is 24.4 Å². The van der Waals surface area contributed by atoms with E-state index in [4.69, 9.17) is 5.10 Å². The summed E-state index contributed by atoms with van der Waals surface area (Å²) in [5.41, 5.74) is 2.35. The molecule has 2 fully saturated rings. The molecule has 0 radical (unpaired) electrons. The second-order valence-corrected chi connectivity index (χ2v) is 8.38. The number of rotatable bonds is 4. The summed E-state index contributed by atoms with van der Waals surface area (Å²) in [7, 11) is 0. The molecule has 2 aliphatic rings. The van der Waals surface area contributed by atoms with Crippen molar-refractivity contribution in [3.63, 3.8) is 0 Å². The van der Waals surface area contributed by atoms with E-state index in [9.17, 15) is 4.79 Å². The highest BCUT2D eigenvalue weighted by molar-refractivity contribution is 7.13. The Morgan fingerprint density at radius 3 is 2.54 bits per heavy atom. The zero-order chi connectivity index (χ0) is 18.2. The summed E-state index contributed by atoms with van der Waals surface area (Å²) in [5, 5.41) is 13.7. The Labute approximate surface area is 174 Å². The van der Waals surface area contributed by atoms with Crippen LogP contribution in [0.15, 0.2) is 54.0 Å². The van der Waals surface area contributed by atoms with Crippen LogP contribution in [0.3, 0.4) is 0 Å². The maximum atomic E-state index is 13.1. The van der Waals surface area contributed by atoms with Crippen molar-refractivity contribution < 1.29 is 4.79 Å². The molecule has 2 aliphatic heterocycles. The number of para-hydroxylation sites is 1. The average Bonchev–Trinajstić information content (AvgIpc) is 3.42. The molecule has 2 aromatic heterocycles. The normalized spacial score (nSPS) is 23.2. The monoisotopic (exact) mass is 414 g/mol. The second-order valence-electron chi connectivity index (χ2n) is 7.43. The maximum absolute atomic E-state index is 13.1. The summed E-state index contributed by atoms with van der Waals surface area (Å²) in [5.74, 6) is -0.0214. The van der Waals surface area contributed by atoms with Gasteiger partial charge in [-0.15, -0.1) is 23.7 Å². The second kappa shape index (κ2) is 8.07. The van der Waals surface area contributed by atoms with E-state index in [0.29, 0.717) is 17.6 Å². The molecule has 1 amide bonds. The molecule has 5 nitrogen and oxygen atoms in total. The zero-order valence-corrected chi connectivity index (χ0v) is 17.0. The van der Waals surface area contributed by atoms with Gasteiger partial charge in [0.25, 0.3) is 5.91 Å². The van der Waals surface area contributed by atoms with Gasteiger partial charge in [0.2, 0.25) is 0 Å². The van der Waals surface area contributed by atoms with Crippen molar-refractivity contribution in [3.8, 4) is 16.3 Å². The molecule has 2 bridgehead atoms. The van der Waals surface area contributed by atoms with Gasteiger partial charge in [-0.3, -0.25) is 4.79 Å². The highest BCUT2D eigenvalue weighted by Gasteiger charge is 2.34. The van der Waals surface area contributed by atoms with Gasteiger partial charge in [0.05, 0.1) is 16.1 Å². The molecule has 0 saturated carbocycles. The summed E-state index contributed by atoms with van der Waals surface area (Å²) in [6.07, 6.45) is 6.34. The van der Waals surface area contributed by atoms with E-state index in [1.54, 1.807) is 16.0 Å². The minimum atomic E-state index is -0.0214. The molecule has 2 N–H and O–H groups in total. The van der Waals surface area contributed by atoms with Crippen molar-refractivity contribution >= 4 is 29.7 Å². The number of carbonyl (C=O) groups is 1. The van der Waals surface area contributed by atoms with E-state index in [1.165, 1.54) is 12.8 Å². The van der Waals surface area contributed by atoms with Gasteiger partial charge in [0.15, 0.2) is 0 Å². The van der Waals surface area contributed by atoms with Crippen LogP contribution in [0.25, 0.3) is 16.3 Å². The molecule has 1 aromatic carbocycles. The molecule has 28 heavy (non-hydrogen) atoms. The number of nitrogens with zero attached hydrogens (tertiary/aromatic N) is 2. The molecule has 7 heteroatoms. The van der Waals surface area contributed by atoms with Crippen molar-refractivity contribution in [2.75, 3.05) is 0 Å². The standard InChI is InChI=1S/C21H22N4OS.ClH/c26-21(23-16-11-14-8-9-15(12-16)22-14)18-13-25(17-5-2-1-3-6-17)24-20(18)19-7-4-10-27-19;/h1-7,10,13-16,22H,8-9,11-12H2,(H,23,26);1H. The third kappa shape index (κ3) is 3.72. The summed E-state index contributed by atoms with van der Waals surface area (Å²) in [6.45, 7) is 0. The van der Waals surface area contributed by atoms with E-state index in [1.807, 2.05) is 54.0 Å². The number of fused-ring (bicyclic) bond motifs is 2. The van der Waals surface area contributed by atoms with Gasteiger partial charge in [-0.2, -0.15) is 5.10 Å². The summed E-state index contributed by atoms with van der Waals surface area (Å²) >= 11 is 1.61. The average molecular weight is 415 g/mol. The van der Waals surface area contributed by atoms with Gasteiger partial charge in [-0.25, -0.2) is 4.68 Å². The number of thiophene rings is 1. The summed E-state index contributed by atoms with van der Waals surface area (Å²) < 4.78 is 1.80. The SMILES string of the molecule is Cl.O=C(NC1CC2CCC(C1)N2)c1cn(-c2ccccc2)nc1-c1cccs1. The molecule has 5 rings (SSSR count). The first-order valence-electron chi connectivity index (χ1n) is 9.52. The molecule has 0 aliphatic carbocycles. The van der Waals surface area contributed by atoms with Gasteiger partial charge in [-0.05, 0) is 49.3 Å². The van der Waals surface area contributed by atoms with Crippen molar-refractivity contribution in [1.29, 1.82) is 0 Å². The molecule has 2 saturated heterocycles. The fourth-order valence-electron chi connectivity index (χ4n) is 4.29. The molecule has 3 aromatic rings. The van der Waals surface area contributed by atoms with Gasteiger partial charge in [0, 0.05) is 24.3 Å². The van der Waals surface area contributed by atoms with Gasteiger partial charge in [-0.1, -0.05) is 24.3 Å². The van der Waals surface area contributed by atoms with Crippen LogP contribution in [-0.4, -0.2) is 33.8 Å². The van der Waals surface area contributed by atoms with Crippen LogP contribution in [0.5, 0.6) is 0 Å². The number of nitrogens with one attached hydrogen (secondary N) is 2. The Kier molecular flexibility index (Phi) is 5.53. The minimum Gasteiger partial charge on any atom is -0.349 e. The number of benzene rings is 1. The predicted molar refractivity (Wildman–Crippen MR) is 115 cm³/mol. The van der Waals surface area contributed by atoms with E-state index in [0.717, 1.165) is 29.1 Å². The predicted octanol–water partition coefficient (Wildman–Crippen LogP) is 4.04. The molecular formula is C21H23ClN4OS. The lowest BCUT2D eigenvalue weighted by molar-refractivity contribution is 0.0924. The first-order valence-corrected chi connectivity index (χ1v) is 10.4. The first kappa shape index (κ1) is 19.2. The number of aromatic nitrogens is 2. The van der Waals surface area contributed by atoms with Crippen LogP contribution >= 0.6 is 23.7 Å². The lowest BCUT2D eigenvalue weighted by Gasteiger charge is -2.29. The zero-order valence-electron chi connectivity index (χ0n) is 15.4. The third-order valence-electron chi connectivity index (χ3n) is 5.54. The number of amides is 1. The Morgan fingerprint density at radius 1 is 1.11 bits per heavy atom. The first-order chi connectivity index (χ1) is 13.3. The van der Waals surface area contributed by atoms with E-state index < -0.39 is 0 Å². The maximum Gasteiger partial charge on any atom is 0.255 e. The van der Waals surface area contributed by atoms with E-state index >= 15 is 0 Å². The van der Waals surface area contributed by atoms with Crippen LogP contribution in [0, 0.1) is 0 Å². The summed E-state index contributed by atoms with van der Waals surface area (Å²) in [4.78, 5) is 14.1. The molecular weight excluding hydrogens is 392 g/mol. The van der Waals surface area contributed by atoms with Crippen molar-refractivity contribution in [2.45, 2.75) is 43.8 Å². The topological polar surface area (TPSA) is 59.0 Å². The Balaban J connectivity index is 0.00000192. The van der Waals surface area contributed by atoms with Crippen molar-refractivity contribution in [3.05, 3.63) is 59.6 Å². The van der Waals surface area contributed by atoms with Crippen LogP contribution in [-0.2, 0) is 0 Å². The Hall–Kier alpha value is -2.15. The fourth-order valence-corrected chi connectivity index (χ4v) is 5.01. The van der Waals surface area contributed by atoms with Crippen LogP contribution in [0.2, 0.25) is 0 Å². The molecule has 0 spiro atoms. The molecule has 146 valence electrons. The quantitative estimate of drug-likeness (QED) is 0.677. The lowest BCUT2D eigenvalue weighted by Crippen LogP contribution is -2.48. The van der Waals surface area contributed by atoms with Gasteiger partial charge < -0.3 is 10.6 Å². The lowest BCUT2D eigenvalue weighted by atomic mass is 9.99. The molecule has 2 atom stereocenters.